The lowest BCUT2D eigenvalue weighted by Gasteiger charge is -2.12. The molecule has 0 saturated carbocycles. The molecule has 4 N–H and O–H groups in total. The Kier molecular flexibility index (Phi) is 4.06. The quantitative estimate of drug-likeness (QED) is 0.747. The van der Waals surface area contributed by atoms with Crippen LogP contribution in [0.2, 0.25) is 5.02 Å². The molecule has 0 fully saturated rings. The van der Waals surface area contributed by atoms with Crippen molar-refractivity contribution in [3.05, 3.63) is 53.1 Å². The van der Waals surface area contributed by atoms with E-state index in [4.69, 9.17) is 22.4 Å². The van der Waals surface area contributed by atoms with Crippen LogP contribution in [0.25, 0.3) is 0 Å². The van der Waals surface area contributed by atoms with E-state index in [1.165, 1.54) is 42.5 Å². The Morgan fingerprint density at radius 3 is 2.48 bits per heavy atom. The maximum absolute atomic E-state index is 12.3. The number of nitrogens with one attached hydrogen (secondary N) is 1. The lowest BCUT2D eigenvalue weighted by Crippen LogP contribution is -2.16. The van der Waals surface area contributed by atoms with Crippen LogP contribution in [0.15, 0.2) is 47.4 Å². The highest BCUT2D eigenvalue weighted by Crippen LogP contribution is 2.25. The number of benzene rings is 2. The van der Waals surface area contributed by atoms with Crippen molar-refractivity contribution in [2.24, 2.45) is 0 Å². The summed E-state index contributed by atoms with van der Waals surface area (Å²) >= 11 is 5.72. The summed E-state index contributed by atoms with van der Waals surface area (Å²) in [5, 5.41) is 9.35. The number of carboxylic acids is 1. The van der Waals surface area contributed by atoms with E-state index in [2.05, 4.69) is 4.72 Å². The van der Waals surface area contributed by atoms with Gasteiger partial charge in [0.2, 0.25) is 0 Å². The van der Waals surface area contributed by atoms with Crippen LogP contribution < -0.4 is 10.5 Å². The van der Waals surface area contributed by atoms with Crippen molar-refractivity contribution in [1.82, 2.24) is 0 Å². The minimum absolute atomic E-state index is 0.0252. The van der Waals surface area contributed by atoms with E-state index in [1.54, 1.807) is 0 Å². The number of para-hydroxylation sites is 1. The molecule has 2 aromatic rings. The fraction of sp³-hybridized carbons (Fsp3) is 0. The van der Waals surface area contributed by atoms with Crippen molar-refractivity contribution < 1.29 is 18.3 Å². The van der Waals surface area contributed by atoms with Gasteiger partial charge in [-0.1, -0.05) is 23.7 Å². The average molecular weight is 327 g/mol. The van der Waals surface area contributed by atoms with Gasteiger partial charge in [-0.15, -0.1) is 0 Å². The molecule has 21 heavy (non-hydrogen) atoms. The van der Waals surface area contributed by atoms with Crippen LogP contribution in [-0.2, 0) is 10.0 Å². The zero-order valence-electron chi connectivity index (χ0n) is 10.6. The maximum Gasteiger partial charge on any atom is 0.337 e. The van der Waals surface area contributed by atoms with Crippen LogP contribution >= 0.6 is 11.6 Å². The molecule has 0 amide bonds. The highest BCUT2D eigenvalue weighted by Gasteiger charge is 2.20. The number of carboxylic acid groups (broad SMARTS) is 1. The highest BCUT2D eigenvalue weighted by molar-refractivity contribution is 7.92. The van der Waals surface area contributed by atoms with Gasteiger partial charge in [-0.25, -0.2) is 13.2 Å². The first kappa shape index (κ1) is 15.1. The van der Waals surface area contributed by atoms with Crippen LogP contribution in [0.4, 0.5) is 11.4 Å². The molecule has 0 unspecified atom stereocenters. The first-order chi connectivity index (χ1) is 9.81. The number of carbonyl (C=O) groups is 1. The molecule has 0 atom stereocenters. The van der Waals surface area contributed by atoms with Crippen molar-refractivity contribution in [1.29, 1.82) is 0 Å². The van der Waals surface area contributed by atoms with Crippen molar-refractivity contribution in [2.45, 2.75) is 4.90 Å². The lowest BCUT2D eigenvalue weighted by molar-refractivity contribution is 0.0698. The highest BCUT2D eigenvalue weighted by atomic mass is 35.5. The van der Waals surface area contributed by atoms with E-state index < -0.39 is 16.0 Å². The summed E-state index contributed by atoms with van der Waals surface area (Å²) in [7, 11) is -4.01. The molecule has 0 aliphatic rings. The standard InChI is InChI=1S/C13H11ClN2O4S/c14-8-5-6-12(10(15)7-8)21(19,20)16-11-4-2-1-3-9(11)13(17)18/h1-7,16H,15H2,(H,17,18). The second kappa shape index (κ2) is 5.63. The van der Waals surface area contributed by atoms with Gasteiger partial charge in [0.1, 0.15) is 4.90 Å². The van der Waals surface area contributed by atoms with Gasteiger partial charge in [0, 0.05) is 5.02 Å². The molecule has 0 radical (unpaired) electrons. The van der Waals surface area contributed by atoms with Gasteiger partial charge in [0.15, 0.2) is 0 Å². The van der Waals surface area contributed by atoms with E-state index in [-0.39, 0.29) is 21.8 Å². The van der Waals surface area contributed by atoms with Gasteiger partial charge in [-0.3, -0.25) is 4.72 Å². The van der Waals surface area contributed by atoms with Crippen LogP contribution in [0.3, 0.4) is 0 Å². The summed E-state index contributed by atoms with van der Waals surface area (Å²) in [6, 6.07) is 9.62. The van der Waals surface area contributed by atoms with Crippen LogP contribution in [-0.4, -0.2) is 19.5 Å². The molecule has 2 rings (SSSR count). The molecule has 0 bridgehead atoms. The summed E-state index contributed by atoms with van der Waals surface area (Å²) in [6.07, 6.45) is 0. The fourth-order valence-corrected chi connectivity index (χ4v) is 3.10. The van der Waals surface area contributed by atoms with Crippen molar-refractivity contribution >= 4 is 39.0 Å². The van der Waals surface area contributed by atoms with Gasteiger partial charge in [0.05, 0.1) is 16.9 Å². The Morgan fingerprint density at radius 2 is 1.86 bits per heavy atom. The molecule has 0 spiro atoms. The molecule has 2 aromatic carbocycles. The average Bonchev–Trinajstić information content (AvgIpc) is 2.37. The number of nitrogens with two attached hydrogens (primary N) is 1. The van der Waals surface area contributed by atoms with Crippen molar-refractivity contribution in [3.63, 3.8) is 0 Å². The monoisotopic (exact) mass is 326 g/mol. The number of sulfonamides is 1. The molecule has 0 saturated heterocycles. The Bertz CT molecular complexity index is 806. The number of aromatic carboxylic acids is 1. The predicted molar refractivity (Wildman–Crippen MR) is 80.1 cm³/mol. The maximum atomic E-state index is 12.3. The van der Waals surface area contributed by atoms with E-state index in [9.17, 15) is 13.2 Å². The summed E-state index contributed by atoms with van der Waals surface area (Å²) in [5.41, 5.74) is 5.41. The molecule has 0 aliphatic heterocycles. The van der Waals surface area contributed by atoms with E-state index >= 15 is 0 Å². The Balaban J connectivity index is 2.45. The topological polar surface area (TPSA) is 109 Å². The van der Waals surface area contributed by atoms with Gasteiger partial charge < -0.3 is 10.8 Å². The van der Waals surface area contributed by atoms with Crippen LogP contribution in [0, 0.1) is 0 Å². The fourth-order valence-electron chi connectivity index (χ4n) is 1.72. The number of hydrogen-bond donors (Lipinski definition) is 3. The zero-order valence-corrected chi connectivity index (χ0v) is 12.1. The van der Waals surface area contributed by atoms with Gasteiger partial charge in [-0.2, -0.15) is 0 Å². The summed E-state index contributed by atoms with van der Waals surface area (Å²) in [5.74, 6) is -1.24. The molecule has 110 valence electrons. The third-order valence-corrected chi connectivity index (χ3v) is 4.34. The summed E-state index contributed by atoms with van der Waals surface area (Å²) in [4.78, 5) is 10.9. The number of rotatable bonds is 4. The second-order valence-electron chi connectivity index (χ2n) is 4.14. The molecule has 0 heterocycles. The van der Waals surface area contributed by atoms with E-state index in [0.717, 1.165) is 0 Å². The normalized spacial score (nSPS) is 11.1. The van der Waals surface area contributed by atoms with Crippen LogP contribution in [0.5, 0.6) is 0 Å². The van der Waals surface area contributed by atoms with Crippen molar-refractivity contribution in [2.75, 3.05) is 10.5 Å². The van der Waals surface area contributed by atoms with Crippen LogP contribution in [0.1, 0.15) is 10.4 Å². The van der Waals surface area contributed by atoms with E-state index in [1.807, 2.05) is 0 Å². The Morgan fingerprint density at radius 1 is 1.19 bits per heavy atom. The van der Waals surface area contributed by atoms with Gasteiger partial charge >= 0.3 is 5.97 Å². The number of anilines is 2. The van der Waals surface area contributed by atoms with Gasteiger partial charge in [-0.05, 0) is 30.3 Å². The molecule has 0 aromatic heterocycles. The minimum atomic E-state index is -4.01. The Labute approximate surface area is 126 Å². The SMILES string of the molecule is Nc1cc(Cl)ccc1S(=O)(=O)Nc1ccccc1C(=O)O. The molecule has 8 heteroatoms. The number of nitrogen functional groups attached to an aromatic ring is 1. The molecule has 6 nitrogen and oxygen atoms in total. The van der Waals surface area contributed by atoms with Crippen molar-refractivity contribution in [3.8, 4) is 0 Å². The predicted octanol–water partition coefficient (Wildman–Crippen LogP) is 2.42. The molecular formula is C13H11ClN2O4S. The second-order valence-corrected chi connectivity index (χ2v) is 6.23. The van der Waals surface area contributed by atoms with E-state index in [0.29, 0.717) is 5.02 Å². The number of halogens is 1. The third-order valence-electron chi connectivity index (χ3n) is 2.66. The molecular weight excluding hydrogens is 316 g/mol. The third kappa shape index (κ3) is 3.26. The smallest absolute Gasteiger partial charge is 0.337 e. The lowest BCUT2D eigenvalue weighted by atomic mass is 10.2. The summed E-state index contributed by atoms with van der Waals surface area (Å²) < 4.78 is 26.8. The number of hydrogen-bond acceptors (Lipinski definition) is 4. The van der Waals surface area contributed by atoms with Gasteiger partial charge in [0.25, 0.3) is 10.0 Å². The molecule has 0 aliphatic carbocycles. The Hall–Kier alpha value is -2.25. The summed E-state index contributed by atoms with van der Waals surface area (Å²) in [6.45, 7) is 0. The largest absolute Gasteiger partial charge is 0.478 e. The first-order valence-electron chi connectivity index (χ1n) is 5.71. The first-order valence-corrected chi connectivity index (χ1v) is 7.57. The minimum Gasteiger partial charge on any atom is -0.478 e. The zero-order chi connectivity index (χ0) is 15.6.